The Balaban J connectivity index is 1.57. The average molecular weight is 330 g/mol. The minimum Gasteiger partial charge on any atom is -0.329 e. The molecule has 2 N–H and O–H groups in total. The molecule has 23 heavy (non-hydrogen) atoms. The van der Waals surface area contributed by atoms with Crippen LogP contribution >= 0.6 is 11.3 Å². The molecular weight excluding hydrogens is 312 g/mol. The van der Waals surface area contributed by atoms with Crippen molar-refractivity contribution in [1.29, 1.82) is 0 Å². The fourth-order valence-corrected chi connectivity index (χ4v) is 3.17. The maximum absolute atomic E-state index is 12.0. The van der Waals surface area contributed by atoms with Crippen LogP contribution < -0.4 is 15.5 Å². The summed E-state index contributed by atoms with van der Waals surface area (Å²) in [5, 5.41) is 8.37. The lowest BCUT2D eigenvalue weighted by molar-refractivity contribution is -0.117. The fraction of sp³-hybridized carbons (Fsp3) is 0.312. The molecule has 1 aromatic heterocycles. The van der Waals surface area contributed by atoms with Crippen molar-refractivity contribution in [3.63, 3.8) is 0 Å². The van der Waals surface area contributed by atoms with E-state index in [4.69, 9.17) is 0 Å². The van der Waals surface area contributed by atoms with Crippen molar-refractivity contribution in [3.8, 4) is 0 Å². The predicted octanol–water partition coefficient (Wildman–Crippen LogP) is 3.15. The molecule has 1 saturated heterocycles. The van der Waals surface area contributed by atoms with Crippen molar-refractivity contribution < 1.29 is 9.59 Å². The van der Waals surface area contributed by atoms with Crippen molar-refractivity contribution in [2.45, 2.75) is 25.8 Å². The largest absolute Gasteiger partial charge is 0.329 e. The van der Waals surface area contributed by atoms with E-state index < -0.39 is 0 Å². The van der Waals surface area contributed by atoms with E-state index in [2.05, 4.69) is 15.6 Å². The SMILES string of the molecule is C[C@H](NC(=O)Nc1ccc(N2CCCC2=O)cc1)c1nccs1. The molecule has 7 heteroatoms. The second kappa shape index (κ2) is 6.78. The van der Waals surface area contributed by atoms with Gasteiger partial charge >= 0.3 is 6.03 Å². The van der Waals surface area contributed by atoms with E-state index in [0.29, 0.717) is 12.1 Å². The fourth-order valence-electron chi connectivity index (χ4n) is 2.52. The quantitative estimate of drug-likeness (QED) is 0.904. The van der Waals surface area contributed by atoms with Crippen LogP contribution in [0.5, 0.6) is 0 Å². The van der Waals surface area contributed by atoms with Crippen LogP contribution in [0.25, 0.3) is 0 Å². The molecule has 0 radical (unpaired) electrons. The molecule has 2 heterocycles. The molecule has 0 unspecified atom stereocenters. The van der Waals surface area contributed by atoms with Gasteiger partial charge in [0.1, 0.15) is 5.01 Å². The zero-order valence-corrected chi connectivity index (χ0v) is 13.6. The van der Waals surface area contributed by atoms with Crippen molar-refractivity contribution in [1.82, 2.24) is 10.3 Å². The molecule has 0 aliphatic carbocycles. The van der Waals surface area contributed by atoms with E-state index in [9.17, 15) is 9.59 Å². The summed E-state index contributed by atoms with van der Waals surface area (Å²) < 4.78 is 0. The number of hydrogen-bond acceptors (Lipinski definition) is 4. The minimum absolute atomic E-state index is 0.142. The van der Waals surface area contributed by atoms with Crippen molar-refractivity contribution >= 4 is 34.6 Å². The third kappa shape index (κ3) is 3.68. The summed E-state index contributed by atoms with van der Waals surface area (Å²) in [5.74, 6) is 0.153. The second-order valence-corrected chi connectivity index (χ2v) is 6.31. The zero-order valence-electron chi connectivity index (χ0n) is 12.8. The van der Waals surface area contributed by atoms with Gasteiger partial charge in [-0.1, -0.05) is 0 Å². The number of benzene rings is 1. The van der Waals surface area contributed by atoms with Gasteiger partial charge in [0, 0.05) is 35.9 Å². The van der Waals surface area contributed by atoms with Crippen molar-refractivity contribution in [2.75, 3.05) is 16.8 Å². The molecule has 0 saturated carbocycles. The first kappa shape index (κ1) is 15.5. The average Bonchev–Trinajstić information content (AvgIpc) is 3.19. The molecule has 6 nitrogen and oxygen atoms in total. The number of carbonyl (C=O) groups excluding carboxylic acids is 2. The highest BCUT2D eigenvalue weighted by atomic mass is 32.1. The number of thiazole rings is 1. The summed E-state index contributed by atoms with van der Waals surface area (Å²) in [6, 6.07) is 6.88. The van der Waals surface area contributed by atoms with Crippen LogP contribution in [-0.4, -0.2) is 23.5 Å². The van der Waals surface area contributed by atoms with Gasteiger partial charge in [-0.25, -0.2) is 9.78 Å². The molecular formula is C16H18N4O2S. The molecule has 1 aliphatic heterocycles. The van der Waals surface area contributed by atoms with E-state index in [-0.39, 0.29) is 18.0 Å². The van der Waals surface area contributed by atoms with Gasteiger partial charge in [-0.15, -0.1) is 11.3 Å². The number of nitrogens with zero attached hydrogens (tertiary/aromatic N) is 2. The molecule has 1 atom stereocenters. The van der Waals surface area contributed by atoms with E-state index >= 15 is 0 Å². The predicted molar refractivity (Wildman–Crippen MR) is 90.7 cm³/mol. The van der Waals surface area contributed by atoms with Crippen LogP contribution in [0.15, 0.2) is 35.8 Å². The number of anilines is 2. The topological polar surface area (TPSA) is 74.3 Å². The number of nitrogens with one attached hydrogen (secondary N) is 2. The maximum atomic E-state index is 12.0. The number of aromatic nitrogens is 1. The van der Waals surface area contributed by atoms with Crippen LogP contribution in [0.1, 0.15) is 30.8 Å². The third-order valence-corrected chi connectivity index (χ3v) is 4.64. The Morgan fingerprint density at radius 1 is 1.35 bits per heavy atom. The summed E-state index contributed by atoms with van der Waals surface area (Å²) in [7, 11) is 0. The normalized spacial score (nSPS) is 15.5. The van der Waals surface area contributed by atoms with Gasteiger partial charge in [-0.3, -0.25) is 4.79 Å². The zero-order chi connectivity index (χ0) is 16.2. The molecule has 0 spiro atoms. The first-order valence-electron chi connectivity index (χ1n) is 7.51. The van der Waals surface area contributed by atoms with E-state index in [1.807, 2.05) is 24.4 Å². The number of urea groups is 1. The number of hydrogen-bond donors (Lipinski definition) is 2. The summed E-state index contributed by atoms with van der Waals surface area (Å²) in [5.41, 5.74) is 1.55. The van der Waals surface area contributed by atoms with Crippen molar-refractivity contribution in [3.05, 3.63) is 40.8 Å². The third-order valence-electron chi connectivity index (χ3n) is 3.68. The molecule has 1 aliphatic rings. The van der Waals surface area contributed by atoms with Crippen LogP contribution in [0, 0.1) is 0 Å². The van der Waals surface area contributed by atoms with Crippen LogP contribution in [0.2, 0.25) is 0 Å². The van der Waals surface area contributed by atoms with E-state index in [0.717, 1.165) is 23.7 Å². The Kier molecular flexibility index (Phi) is 4.57. The summed E-state index contributed by atoms with van der Waals surface area (Å²) in [6.07, 6.45) is 3.22. The van der Waals surface area contributed by atoms with Gasteiger partial charge < -0.3 is 15.5 Å². The standard InChI is InChI=1S/C16H18N4O2S/c1-11(15-17-8-10-23-15)18-16(22)19-12-4-6-13(7-5-12)20-9-2-3-14(20)21/h4-8,10-11H,2-3,9H2,1H3,(H2,18,19,22)/t11-/m0/s1. The highest BCUT2D eigenvalue weighted by Gasteiger charge is 2.21. The Morgan fingerprint density at radius 3 is 2.74 bits per heavy atom. The molecule has 0 bridgehead atoms. The Morgan fingerprint density at radius 2 is 2.13 bits per heavy atom. The molecule has 2 aromatic rings. The number of rotatable bonds is 4. The summed E-state index contributed by atoms with van der Waals surface area (Å²) in [4.78, 5) is 29.7. The highest BCUT2D eigenvalue weighted by Crippen LogP contribution is 2.23. The first-order chi connectivity index (χ1) is 11.1. The first-order valence-corrected chi connectivity index (χ1v) is 8.39. The van der Waals surface area contributed by atoms with Crippen LogP contribution in [0.3, 0.4) is 0 Å². The van der Waals surface area contributed by atoms with Crippen molar-refractivity contribution in [2.24, 2.45) is 0 Å². The lowest BCUT2D eigenvalue weighted by atomic mass is 10.2. The minimum atomic E-state index is -0.280. The van der Waals surface area contributed by atoms with Gasteiger partial charge in [-0.05, 0) is 37.6 Å². The van der Waals surface area contributed by atoms with E-state index in [1.54, 1.807) is 23.2 Å². The van der Waals surface area contributed by atoms with Crippen LogP contribution in [-0.2, 0) is 4.79 Å². The number of carbonyl (C=O) groups is 2. The molecule has 120 valence electrons. The monoisotopic (exact) mass is 330 g/mol. The van der Waals surface area contributed by atoms with Gasteiger partial charge in [0.15, 0.2) is 0 Å². The number of amides is 3. The second-order valence-electron chi connectivity index (χ2n) is 5.39. The summed E-state index contributed by atoms with van der Waals surface area (Å²) >= 11 is 1.50. The molecule has 3 rings (SSSR count). The van der Waals surface area contributed by atoms with Gasteiger partial charge in [-0.2, -0.15) is 0 Å². The van der Waals surface area contributed by atoms with Crippen LogP contribution in [0.4, 0.5) is 16.2 Å². The Bertz CT molecular complexity index is 685. The lowest BCUT2D eigenvalue weighted by Gasteiger charge is -2.16. The molecule has 1 fully saturated rings. The van der Waals surface area contributed by atoms with Gasteiger partial charge in [0.05, 0.1) is 6.04 Å². The molecule has 1 aromatic carbocycles. The van der Waals surface area contributed by atoms with E-state index in [1.165, 1.54) is 11.3 Å². The van der Waals surface area contributed by atoms with Gasteiger partial charge in [0.25, 0.3) is 0 Å². The van der Waals surface area contributed by atoms with Gasteiger partial charge in [0.2, 0.25) is 5.91 Å². The Hall–Kier alpha value is -2.41. The maximum Gasteiger partial charge on any atom is 0.319 e. The Labute approximate surface area is 138 Å². The smallest absolute Gasteiger partial charge is 0.319 e. The highest BCUT2D eigenvalue weighted by molar-refractivity contribution is 7.09. The lowest BCUT2D eigenvalue weighted by Crippen LogP contribution is -2.31. The molecule has 3 amide bonds. The summed E-state index contributed by atoms with van der Waals surface area (Å²) in [6.45, 7) is 2.65.